The van der Waals surface area contributed by atoms with Gasteiger partial charge in [-0.05, 0) is 36.1 Å². The van der Waals surface area contributed by atoms with Crippen LogP contribution in [0.5, 0.6) is 0 Å². The zero-order valence-corrected chi connectivity index (χ0v) is 17.4. The van der Waals surface area contributed by atoms with Crippen molar-refractivity contribution in [3.05, 3.63) is 51.2 Å². The summed E-state index contributed by atoms with van der Waals surface area (Å²) in [6, 6.07) is 6.67. The molecule has 2 heterocycles. The first-order valence-corrected chi connectivity index (χ1v) is 11.5. The van der Waals surface area contributed by atoms with E-state index in [1.54, 1.807) is 19.1 Å². The van der Waals surface area contributed by atoms with Gasteiger partial charge in [-0.2, -0.15) is 11.3 Å². The molecule has 0 atom stereocenters. The van der Waals surface area contributed by atoms with Crippen LogP contribution in [0.25, 0.3) is 0 Å². The van der Waals surface area contributed by atoms with E-state index in [0.29, 0.717) is 36.8 Å². The highest BCUT2D eigenvalue weighted by atomic mass is 35.5. The molecule has 0 saturated carbocycles. The Balaban J connectivity index is 1.48. The van der Waals surface area contributed by atoms with Gasteiger partial charge in [0.25, 0.3) is 5.91 Å². The minimum atomic E-state index is -3.59. The van der Waals surface area contributed by atoms with Crippen LogP contribution in [0.4, 0.5) is 0 Å². The third-order valence-electron chi connectivity index (χ3n) is 4.59. The highest BCUT2D eigenvalue weighted by Crippen LogP contribution is 2.20. The fourth-order valence-corrected chi connectivity index (χ4v) is 5.18. The van der Waals surface area contributed by atoms with Crippen molar-refractivity contribution in [3.63, 3.8) is 0 Å². The zero-order valence-electron chi connectivity index (χ0n) is 15.0. The van der Waals surface area contributed by atoms with Crippen LogP contribution in [0.15, 0.2) is 39.9 Å². The minimum Gasteiger partial charge on any atom is -0.336 e. The lowest BCUT2D eigenvalue weighted by molar-refractivity contribution is 0.0640. The number of carbonyl (C=O) groups is 1. The molecule has 0 spiro atoms. The van der Waals surface area contributed by atoms with Crippen molar-refractivity contribution >= 4 is 38.9 Å². The van der Waals surface area contributed by atoms with Crippen LogP contribution in [0.1, 0.15) is 15.9 Å². The second-order valence-corrected chi connectivity index (χ2v) is 9.41. The van der Waals surface area contributed by atoms with Crippen LogP contribution in [-0.4, -0.2) is 63.4 Å². The van der Waals surface area contributed by atoms with E-state index in [1.165, 1.54) is 17.4 Å². The molecule has 1 aromatic carbocycles. The molecule has 1 aliphatic heterocycles. The molecule has 3 rings (SSSR count). The van der Waals surface area contributed by atoms with Crippen LogP contribution in [-0.2, 0) is 10.0 Å². The van der Waals surface area contributed by atoms with Gasteiger partial charge in [0.1, 0.15) is 0 Å². The molecule has 1 saturated heterocycles. The Labute approximate surface area is 168 Å². The number of hydrogen-bond donors (Lipinski definition) is 1. The lowest BCUT2D eigenvalue weighted by Gasteiger charge is -2.34. The van der Waals surface area contributed by atoms with Gasteiger partial charge in [-0.3, -0.25) is 9.69 Å². The van der Waals surface area contributed by atoms with E-state index in [-0.39, 0.29) is 10.8 Å². The largest absolute Gasteiger partial charge is 0.336 e. The van der Waals surface area contributed by atoms with Gasteiger partial charge in [-0.25, -0.2) is 13.1 Å². The average molecular weight is 428 g/mol. The van der Waals surface area contributed by atoms with Gasteiger partial charge < -0.3 is 4.90 Å². The maximum Gasteiger partial charge on any atom is 0.254 e. The topological polar surface area (TPSA) is 69.7 Å². The lowest BCUT2D eigenvalue weighted by Crippen LogP contribution is -2.50. The standard InChI is InChI=1S/C18H22ClN3O3S2/c1-14-2-3-16(19)12-17(14)27(24,25)20-5-6-21-7-9-22(10-8-21)18(23)15-4-11-26-13-15/h2-4,11-13,20H,5-10H2,1H3. The van der Waals surface area contributed by atoms with Crippen LogP contribution in [0, 0.1) is 6.92 Å². The fourth-order valence-electron chi connectivity index (χ4n) is 3.02. The van der Waals surface area contributed by atoms with Crippen LogP contribution in [0.2, 0.25) is 5.02 Å². The molecule has 2 aromatic rings. The SMILES string of the molecule is Cc1ccc(Cl)cc1S(=O)(=O)NCCN1CCN(C(=O)c2ccsc2)CC1. The maximum absolute atomic E-state index is 12.5. The number of rotatable bonds is 6. The Bertz CT molecular complexity index is 893. The van der Waals surface area contributed by atoms with Gasteiger partial charge in [0.15, 0.2) is 0 Å². The van der Waals surface area contributed by atoms with Gasteiger partial charge in [0, 0.05) is 49.7 Å². The first kappa shape index (κ1) is 20.3. The normalized spacial score (nSPS) is 15.9. The molecule has 1 aliphatic rings. The van der Waals surface area contributed by atoms with E-state index in [2.05, 4.69) is 9.62 Å². The molecule has 9 heteroatoms. The van der Waals surface area contributed by atoms with Gasteiger partial charge in [-0.15, -0.1) is 0 Å². The van der Waals surface area contributed by atoms with Gasteiger partial charge in [0.2, 0.25) is 10.0 Å². The maximum atomic E-state index is 12.5. The molecule has 0 radical (unpaired) electrons. The smallest absolute Gasteiger partial charge is 0.254 e. The van der Waals surface area contributed by atoms with Crippen molar-refractivity contribution in [3.8, 4) is 0 Å². The van der Waals surface area contributed by atoms with Crippen LogP contribution < -0.4 is 4.72 Å². The predicted octanol–water partition coefficient (Wildman–Crippen LogP) is 2.45. The molecule has 0 unspecified atom stereocenters. The highest BCUT2D eigenvalue weighted by molar-refractivity contribution is 7.89. The monoisotopic (exact) mass is 427 g/mol. The number of sulfonamides is 1. The first-order chi connectivity index (χ1) is 12.9. The second-order valence-electron chi connectivity index (χ2n) is 6.45. The summed E-state index contributed by atoms with van der Waals surface area (Å²) in [5.74, 6) is 0.0630. The number of nitrogens with one attached hydrogen (secondary N) is 1. The summed E-state index contributed by atoms with van der Waals surface area (Å²) in [7, 11) is -3.59. The number of piperazine rings is 1. The van der Waals surface area contributed by atoms with Gasteiger partial charge in [-0.1, -0.05) is 17.7 Å². The predicted molar refractivity (Wildman–Crippen MR) is 108 cm³/mol. The van der Waals surface area contributed by atoms with Crippen molar-refractivity contribution < 1.29 is 13.2 Å². The number of hydrogen-bond acceptors (Lipinski definition) is 5. The van der Waals surface area contributed by atoms with Crippen LogP contribution in [0.3, 0.4) is 0 Å². The summed E-state index contributed by atoms with van der Waals surface area (Å²) >= 11 is 7.44. The van der Waals surface area contributed by atoms with Crippen molar-refractivity contribution in [2.24, 2.45) is 0 Å². The Kier molecular flexibility index (Phi) is 6.54. The molecule has 27 heavy (non-hydrogen) atoms. The summed E-state index contributed by atoms with van der Waals surface area (Å²) in [6.45, 7) is 5.41. The number of benzene rings is 1. The van der Waals surface area contributed by atoms with Gasteiger partial charge >= 0.3 is 0 Å². The number of thiophene rings is 1. The third-order valence-corrected chi connectivity index (χ3v) is 7.11. The van der Waals surface area contributed by atoms with E-state index in [4.69, 9.17) is 11.6 Å². The number of carbonyl (C=O) groups excluding carboxylic acids is 1. The van der Waals surface area contributed by atoms with E-state index < -0.39 is 10.0 Å². The summed E-state index contributed by atoms with van der Waals surface area (Å²) in [5.41, 5.74) is 1.39. The van der Waals surface area contributed by atoms with E-state index >= 15 is 0 Å². The second kappa shape index (κ2) is 8.70. The number of aryl methyl sites for hydroxylation is 1. The fraction of sp³-hybridized carbons (Fsp3) is 0.389. The molecule has 1 fully saturated rings. The Morgan fingerprint density at radius 3 is 2.63 bits per heavy atom. The molecule has 1 aromatic heterocycles. The summed E-state index contributed by atoms with van der Waals surface area (Å²) in [4.78, 5) is 16.6. The van der Waals surface area contributed by atoms with Crippen molar-refractivity contribution in [2.75, 3.05) is 39.3 Å². The number of nitrogens with zero attached hydrogens (tertiary/aromatic N) is 2. The zero-order chi connectivity index (χ0) is 19.4. The average Bonchev–Trinajstić information content (AvgIpc) is 3.18. The molecule has 6 nitrogen and oxygen atoms in total. The quantitative estimate of drug-likeness (QED) is 0.768. The van der Waals surface area contributed by atoms with E-state index in [9.17, 15) is 13.2 Å². The molecule has 146 valence electrons. The molecule has 1 N–H and O–H groups in total. The molecule has 1 amide bonds. The van der Waals surface area contributed by atoms with Crippen molar-refractivity contribution in [1.82, 2.24) is 14.5 Å². The summed E-state index contributed by atoms with van der Waals surface area (Å²) < 4.78 is 27.6. The molecule has 0 bridgehead atoms. The Morgan fingerprint density at radius 1 is 1.22 bits per heavy atom. The number of halogens is 1. The van der Waals surface area contributed by atoms with Crippen LogP contribution >= 0.6 is 22.9 Å². The highest BCUT2D eigenvalue weighted by Gasteiger charge is 2.23. The summed E-state index contributed by atoms with van der Waals surface area (Å²) in [6.07, 6.45) is 0. The van der Waals surface area contributed by atoms with Crippen molar-refractivity contribution in [1.29, 1.82) is 0 Å². The number of amides is 1. The third kappa shape index (κ3) is 5.08. The minimum absolute atomic E-state index is 0.0630. The Morgan fingerprint density at radius 2 is 1.96 bits per heavy atom. The molecular formula is C18H22ClN3O3S2. The molecular weight excluding hydrogens is 406 g/mol. The van der Waals surface area contributed by atoms with E-state index in [1.807, 2.05) is 21.7 Å². The van der Waals surface area contributed by atoms with Crippen molar-refractivity contribution in [2.45, 2.75) is 11.8 Å². The molecule has 0 aliphatic carbocycles. The van der Waals surface area contributed by atoms with Gasteiger partial charge in [0.05, 0.1) is 10.5 Å². The summed E-state index contributed by atoms with van der Waals surface area (Å²) in [5, 5.41) is 4.16. The lowest BCUT2D eigenvalue weighted by atomic mass is 10.2. The Hall–Kier alpha value is -1.45. The first-order valence-electron chi connectivity index (χ1n) is 8.66. The van der Waals surface area contributed by atoms with E-state index in [0.717, 1.165) is 18.7 Å².